The molecule has 1 aromatic carbocycles. The fraction of sp³-hybridized carbons (Fsp3) is 0. The molecule has 0 saturated heterocycles. The summed E-state index contributed by atoms with van der Waals surface area (Å²) in [5, 5.41) is 9.99. The average molecular weight is 288 g/mol. The molecule has 16 heavy (non-hydrogen) atoms. The highest BCUT2D eigenvalue weighted by atomic mass is 35.5. The highest BCUT2D eigenvalue weighted by Crippen LogP contribution is 2.43. The molecule has 0 amide bonds. The Morgan fingerprint density at radius 3 is 2.31 bits per heavy atom. The molecule has 0 aliphatic carbocycles. The molecule has 7 nitrogen and oxygen atoms in total. The number of nitrogens with zero attached hydrogens (tertiary/aromatic N) is 1. The van der Waals surface area contributed by atoms with Crippen molar-refractivity contribution < 1.29 is 23.8 Å². The number of hydrogen-bond donors (Lipinski definition) is 2. The van der Waals surface area contributed by atoms with Gasteiger partial charge in [-0.25, -0.2) is 4.57 Å². The number of hydrogen-bond acceptors (Lipinski definition) is 4. The van der Waals surface area contributed by atoms with Gasteiger partial charge in [0.25, 0.3) is 5.69 Å². The Kier molecular flexibility index (Phi) is 3.77. The molecule has 10 heteroatoms. The van der Waals surface area contributed by atoms with Gasteiger partial charge in [0.05, 0.1) is 16.0 Å². The third-order valence-electron chi connectivity index (χ3n) is 1.42. The summed E-state index contributed by atoms with van der Waals surface area (Å²) in [5.74, 6) is -0.508. The van der Waals surface area contributed by atoms with E-state index in [1.807, 2.05) is 0 Å². The molecule has 1 rings (SSSR count). The number of benzene rings is 1. The highest BCUT2D eigenvalue weighted by Gasteiger charge is 2.23. The molecule has 0 atom stereocenters. The fourth-order valence-electron chi connectivity index (χ4n) is 0.856. The molecular formula is C6H4Cl2NO6P. The van der Waals surface area contributed by atoms with Crippen LogP contribution >= 0.6 is 31.0 Å². The van der Waals surface area contributed by atoms with Crippen molar-refractivity contribution in [2.24, 2.45) is 0 Å². The van der Waals surface area contributed by atoms with E-state index in [4.69, 9.17) is 33.0 Å². The molecule has 0 fully saturated rings. The molecule has 0 aliphatic rings. The third kappa shape index (κ3) is 3.33. The maximum absolute atomic E-state index is 10.5. The summed E-state index contributed by atoms with van der Waals surface area (Å²) in [5.41, 5.74) is -0.561. The number of phosphoric acid groups is 1. The van der Waals surface area contributed by atoms with E-state index in [9.17, 15) is 14.7 Å². The summed E-state index contributed by atoms with van der Waals surface area (Å²) in [6.07, 6.45) is 0. The summed E-state index contributed by atoms with van der Waals surface area (Å²) in [4.78, 5) is 26.7. The van der Waals surface area contributed by atoms with E-state index >= 15 is 0 Å². The number of rotatable bonds is 3. The summed E-state index contributed by atoms with van der Waals surface area (Å²) in [6.45, 7) is 0. The van der Waals surface area contributed by atoms with Gasteiger partial charge in [-0.05, 0) is 6.07 Å². The lowest BCUT2D eigenvalue weighted by molar-refractivity contribution is -0.384. The smallest absolute Gasteiger partial charge is 0.402 e. The first-order valence-corrected chi connectivity index (χ1v) is 5.88. The average Bonchev–Trinajstić information content (AvgIpc) is 2.07. The molecule has 0 spiro atoms. The summed E-state index contributed by atoms with van der Waals surface area (Å²) in [7, 11) is -4.83. The van der Waals surface area contributed by atoms with E-state index in [1.165, 1.54) is 0 Å². The van der Waals surface area contributed by atoms with Crippen molar-refractivity contribution in [1.29, 1.82) is 0 Å². The maximum Gasteiger partial charge on any atom is 0.524 e. The van der Waals surface area contributed by atoms with Gasteiger partial charge in [0.2, 0.25) is 0 Å². The lowest BCUT2D eigenvalue weighted by Crippen LogP contribution is -1.94. The minimum atomic E-state index is -4.83. The van der Waals surface area contributed by atoms with Gasteiger partial charge in [0.15, 0.2) is 5.75 Å². The quantitative estimate of drug-likeness (QED) is 0.502. The number of nitro groups is 1. The molecule has 0 saturated carbocycles. The van der Waals surface area contributed by atoms with Crippen molar-refractivity contribution in [3.05, 3.63) is 32.3 Å². The molecule has 0 unspecified atom stereocenters. The number of nitro benzene ring substituents is 1. The van der Waals surface area contributed by atoms with E-state index in [0.717, 1.165) is 12.1 Å². The zero-order valence-corrected chi connectivity index (χ0v) is 9.74. The molecule has 0 bridgehead atoms. The van der Waals surface area contributed by atoms with Gasteiger partial charge in [-0.1, -0.05) is 23.2 Å². The van der Waals surface area contributed by atoms with Gasteiger partial charge >= 0.3 is 7.82 Å². The van der Waals surface area contributed by atoms with Crippen LogP contribution in [0.3, 0.4) is 0 Å². The van der Waals surface area contributed by atoms with Crippen molar-refractivity contribution in [2.45, 2.75) is 0 Å². The van der Waals surface area contributed by atoms with Crippen molar-refractivity contribution in [3.8, 4) is 5.75 Å². The molecule has 0 radical (unpaired) electrons. The van der Waals surface area contributed by atoms with Gasteiger partial charge in [-0.2, -0.15) is 0 Å². The largest absolute Gasteiger partial charge is 0.524 e. The zero-order valence-electron chi connectivity index (χ0n) is 7.33. The lowest BCUT2D eigenvalue weighted by atomic mass is 10.3. The Hall–Kier alpha value is -0.850. The van der Waals surface area contributed by atoms with Gasteiger partial charge in [0, 0.05) is 0 Å². The molecule has 1 aromatic rings. The molecular weight excluding hydrogens is 284 g/mol. The monoisotopic (exact) mass is 287 g/mol. The minimum Gasteiger partial charge on any atom is -0.402 e. The van der Waals surface area contributed by atoms with Crippen LogP contribution < -0.4 is 4.52 Å². The van der Waals surface area contributed by atoms with Crippen molar-refractivity contribution >= 4 is 36.7 Å². The Bertz CT molecular complexity index is 486. The summed E-state index contributed by atoms with van der Waals surface area (Å²) < 4.78 is 14.7. The van der Waals surface area contributed by atoms with E-state index in [0.29, 0.717) is 0 Å². The molecule has 0 aromatic heterocycles. The van der Waals surface area contributed by atoms with Gasteiger partial charge in [-0.3, -0.25) is 19.9 Å². The lowest BCUT2D eigenvalue weighted by Gasteiger charge is -2.08. The first-order chi connectivity index (χ1) is 7.20. The maximum atomic E-state index is 10.5. The standard InChI is InChI=1S/C6H4Cl2NO6P/c7-3-1-4(8)6(15-16(12,13)14)2-5(3)9(10)11/h1-2H,(H2,12,13,14). The minimum absolute atomic E-state index is 0.237. The molecule has 0 heterocycles. The van der Waals surface area contributed by atoms with E-state index in [-0.39, 0.29) is 10.0 Å². The molecule has 2 N–H and O–H groups in total. The van der Waals surface area contributed by atoms with Gasteiger partial charge in [0.1, 0.15) is 5.02 Å². The van der Waals surface area contributed by atoms with Crippen LogP contribution in [0.5, 0.6) is 5.75 Å². The number of phosphoric ester groups is 1. The molecule has 0 aliphatic heterocycles. The first-order valence-electron chi connectivity index (χ1n) is 3.59. The topological polar surface area (TPSA) is 110 Å². The van der Waals surface area contributed by atoms with Crippen molar-refractivity contribution in [1.82, 2.24) is 0 Å². The predicted octanol–water partition coefficient (Wildman–Crippen LogP) is 2.37. The van der Waals surface area contributed by atoms with E-state index in [2.05, 4.69) is 4.52 Å². The van der Waals surface area contributed by atoms with Crippen LogP contribution in [0.25, 0.3) is 0 Å². The van der Waals surface area contributed by atoms with Crippen LogP contribution in [0.4, 0.5) is 5.69 Å². The van der Waals surface area contributed by atoms with E-state index in [1.54, 1.807) is 0 Å². The van der Waals surface area contributed by atoms with Crippen LogP contribution in [0, 0.1) is 10.1 Å². The van der Waals surface area contributed by atoms with Crippen LogP contribution in [-0.4, -0.2) is 14.7 Å². The van der Waals surface area contributed by atoms with Gasteiger partial charge < -0.3 is 4.52 Å². The second-order valence-electron chi connectivity index (χ2n) is 2.57. The summed E-state index contributed by atoms with van der Waals surface area (Å²) >= 11 is 11.0. The SMILES string of the molecule is O=[N+]([O-])c1cc(OP(=O)(O)O)c(Cl)cc1Cl. The normalized spacial score (nSPS) is 11.2. The van der Waals surface area contributed by atoms with Crippen molar-refractivity contribution in [3.63, 3.8) is 0 Å². The second kappa shape index (κ2) is 4.57. The van der Waals surface area contributed by atoms with Crippen LogP contribution in [0.2, 0.25) is 10.0 Å². The zero-order chi connectivity index (χ0) is 12.5. The Morgan fingerprint density at radius 2 is 1.88 bits per heavy atom. The van der Waals surface area contributed by atoms with Crippen LogP contribution in [-0.2, 0) is 4.57 Å². The van der Waals surface area contributed by atoms with E-state index < -0.39 is 24.2 Å². The first kappa shape index (κ1) is 13.2. The van der Waals surface area contributed by atoms with Crippen molar-refractivity contribution in [2.75, 3.05) is 0 Å². The Labute approximate surface area is 98.9 Å². The summed E-state index contributed by atoms with van der Waals surface area (Å²) in [6, 6.07) is 1.70. The fourth-order valence-corrected chi connectivity index (χ4v) is 1.81. The Morgan fingerprint density at radius 1 is 1.31 bits per heavy atom. The molecule has 88 valence electrons. The van der Waals surface area contributed by atoms with Crippen LogP contribution in [0.1, 0.15) is 0 Å². The van der Waals surface area contributed by atoms with Gasteiger partial charge in [-0.15, -0.1) is 0 Å². The Balaban J connectivity index is 3.25. The number of halogens is 2. The van der Waals surface area contributed by atoms with Crippen LogP contribution in [0.15, 0.2) is 12.1 Å². The predicted molar refractivity (Wildman–Crippen MR) is 55.8 cm³/mol. The third-order valence-corrected chi connectivity index (χ3v) is 2.45. The highest BCUT2D eigenvalue weighted by molar-refractivity contribution is 7.46. The second-order valence-corrected chi connectivity index (χ2v) is 4.55.